The molecule has 0 aliphatic rings. The van der Waals surface area contributed by atoms with Crippen molar-refractivity contribution in [3.8, 4) is 0 Å². The second kappa shape index (κ2) is 4.50. The minimum Gasteiger partial charge on any atom is -0.466 e. The molecule has 0 saturated carbocycles. The Balaban J connectivity index is 2.92. The minimum atomic E-state index is -0.979. The highest BCUT2D eigenvalue weighted by Gasteiger charge is 2.04. The van der Waals surface area contributed by atoms with E-state index in [1.165, 1.54) is 19.2 Å². The standard InChI is InChI=1S/C10H8F2O2/c1-14-9(13)6-5-7-3-2-4-8(11)10(7)12/h2-6H,1H3/b6-5+. The molecule has 0 N–H and O–H groups in total. The highest BCUT2D eigenvalue weighted by atomic mass is 19.2. The van der Waals surface area contributed by atoms with Crippen molar-refractivity contribution in [3.05, 3.63) is 41.5 Å². The molecule has 0 unspecified atom stereocenters. The number of hydrogen-bond donors (Lipinski definition) is 0. The summed E-state index contributed by atoms with van der Waals surface area (Å²) in [6, 6.07) is 3.72. The number of rotatable bonds is 2. The van der Waals surface area contributed by atoms with E-state index in [0.717, 1.165) is 18.2 Å². The van der Waals surface area contributed by atoms with Gasteiger partial charge in [0.15, 0.2) is 11.6 Å². The van der Waals surface area contributed by atoms with E-state index >= 15 is 0 Å². The summed E-state index contributed by atoms with van der Waals surface area (Å²) in [6.45, 7) is 0. The summed E-state index contributed by atoms with van der Waals surface area (Å²) >= 11 is 0. The summed E-state index contributed by atoms with van der Waals surface area (Å²) in [6.07, 6.45) is 2.18. The highest BCUT2D eigenvalue weighted by Crippen LogP contribution is 2.12. The van der Waals surface area contributed by atoms with Gasteiger partial charge in [0, 0.05) is 11.6 Å². The van der Waals surface area contributed by atoms with Gasteiger partial charge in [-0.3, -0.25) is 0 Å². The van der Waals surface area contributed by atoms with Crippen molar-refractivity contribution in [2.75, 3.05) is 7.11 Å². The van der Waals surface area contributed by atoms with Crippen LogP contribution in [0.1, 0.15) is 5.56 Å². The molecule has 2 nitrogen and oxygen atoms in total. The fourth-order valence-electron chi connectivity index (χ4n) is 0.875. The van der Waals surface area contributed by atoms with Gasteiger partial charge in [-0.15, -0.1) is 0 Å². The summed E-state index contributed by atoms with van der Waals surface area (Å²) in [7, 11) is 1.20. The molecule has 1 aromatic rings. The van der Waals surface area contributed by atoms with Crippen LogP contribution in [0.3, 0.4) is 0 Å². The van der Waals surface area contributed by atoms with Crippen LogP contribution in [0.15, 0.2) is 24.3 Å². The van der Waals surface area contributed by atoms with Crippen LogP contribution in [0.5, 0.6) is 0 Å². The SMILES string of the molecule is COC(=O)/C=C/c1cccc(F)c1F. The van der Waals surface area contributed by atoms with Crippen molar-refractivity contribution < 1.29 is 18.3 Å². The first-order chi connectivity index (χ1) is 6.65. The predicted molar refractivity (Wildman–Crippen MR) is 47.4 cm³/mol. The zero-order valence-electron chi connectivity index (χ0n) is 7.46. The molecule has 0 heterocycles. The molecule has 0 fully saturated rings. The second-order valence-electron chi connectivity index (χ2n) is 2.50. The van der Waals surface area contributed by atoms with Gasteiger partial charge in [0.1, 0.15) is 0 Å². The monoisotopic (exact) mass is 198 g/mol. The van der Waals surface area contributed by atoms with Gasteiger partial charge in [0.05, 0.1) is 7.11 Å². The molecule has 0 aliphatic carbocycles. The van der Waals surface area contributed by atoms with Crippen LogP contribution in [0.4, 0.5) is 8.78 Å². The van der Waals surface area contributed by atoms with Gasteiger partial charge in [0.2, 0.25) is 0 Å². The Morgan fingerprint density at radius 3 is 2.79 bits per heavy atom. The lowest BCUT2D eigenvalue weighted by Gasteiger charge is -1.96. The fourth-order valence-corrected chi connectivity index (χ4v) is 0.875. The lowest BCUT2D eigenvalue weighted by molar-refractivity contribution is -0.134. The summed E-state index contributed by atoms with van der Waals surface area (Å²) < 4.78 is 29.9. The average Bonchev–Trinajstić information content (AvgIpc) is 2.20. The number of hydrogen-bond acceptors (Lipinski definition) is 2. The van der Waals surface area contributed by atoms with Gasteiger partial charge in [-0.25, -0.2) is 13.6 Å². The molecule has 74 valence electrons. The van der Waals surface area contributed by atoms with Gasteiger partial charge in [-0.1, -0.05) is 12.1 Å². The molecule has 1 aromatic carbocycles. The van der Waals surface area contributed by atoms with E-state index in [0.29, 0.717) is 0 Å². The Kier molecular flexibility index (Phi) is 3.34. The van der Waals surface area contributed by atoms with E-state index in [-0.39, 0.29) is 5.56 Å². The maximum absolute atomic E-state index is 13.0. The maximum atomic E-state index is 13.0. The van der Waals surface area contributed by atoms with Gasteiger partial charge in [0.25, 0.3) is 0 Å². The van der Waals surface area contributed by atoms with E-state index in [1.807, 2.05) is 0 Å². The molecule has 0 radical (unpaired) electrons. The number of carbonyl (C=O) groups excluding carboxylic acids is 1. The quantitative estimate of drug-likeness (QED) is 0.537. The van der Waals surface area contributed by atoms with E-state index in [1.54, 1.807) is 0 Å². The normalized spacial score (nSPS) is 10.5. The summed E-state index contributed by atoms with van der Waals surface area (Å²) in [5.41, 5.74) is 0.00963. The van der Waals surface area contributed by atoms with Gasteiger partial charge >= 0.3 is 5.97 Å². The first kappa shape index (κ1) is 10.4. The van der Waals surface area contributed by atoms with E-state index in [2.05, 4.69) is 4.74 Å². The highest BCUT2D eigenvalue weighted by molar-refractivity contribution is 5.86. The van der Waals surface area contributed by atoms with Crippen LogP contribution in [-0.4, -0.2) is 13.1 Å². The largest absolute Gasteiger partial charge is 0.466 e. The van der Waals surface area contributed by atoms with Crippen LogP contribution in [0, 0.1) is 11.6 Å². The van der Waals surface area contributed by atoms with Crippen molar-refractivity contribution in [2.45, 2.75) is 0 Å². The molecule has 1 rings (SSSR count). The molecule has 0 aromatic heterocycles. The first-order valence-electron chi connectivity index (χ1n) is 3.85. The number of benzene rings is 1. The van der Waals surface area contributed by atoms with Crippen LogP contribution in [0.2, 0.25) is 0 Å². The van der Waals surface area contributed by atoms with Crippen LogP contribution in [0.25, 0.3) is 6.08 Å². The van der Waals surface area contributed by atoms with Crippen LogP contribution >= 0.6 is 0 Å². The Morgan fingerprint density at radius 1 is 1.43 bits per heavy atom. The fraction of sp³-hybridized carbons (Fsp3) is 0.100. The third-order valence-corrected chi connectivity index (χ3v) is 1.58. The zero-order valence-corrected chi connectivity index (χ0v) is 7.46. The third kappa shape index (κ3) is 2.39. The van der Waals surface area contributed by atoms with Crippen LogP contribution < -0.4 is 0 Å². The Morgan fingerprint density at radius 2 is 2.14 bits per heavy atom. The van der Waals surface area contributed by atoms with Crippen LogP contribution in [-0.2, 0) is 9.53 Å². The van der Waals surface area contributed by atoms with Crippen molar-refractivity contribution in [3.63, 3.8) is 0 Å². The topological polar surface area (TPSA) is 26.3 Å². The first-order valence-corrected chi connectivity index (χ1v) is 3.85. The predicted octanol–water partition coefficient (Wildman–Crippen LogP) is 2.15. The smallest absolute Gasteiger partial charge is 0.330 e. The molecule has 0 bridgehead atoms. The van der Waals surface area contributed by atoms with Crippen molar-refractivity contribution in [1.82, 2.24) is 0 Å². The number of ether oxygens (including phenoxy) is 1. The Hall–Kier alpha value is -1.71. The Bertz CT molecular complexity index is 372. The van der Waals surface area contributed by atoms with Crippen molar-refractivity contribution in [1.29, 1.82) is 0 Å². The lowest BCUT2D eigenvalue weighted by atomic mass is 10.2. The van der Waals surface area contributed by atoms with Gasteiger partial charge in [-0.2, -0.15) is 0 Å². The number of methoxy groups -OCH3 is 1. The molecule has 0 spiro atoms. The Labute approximate surface area is 79.8 Å². The summed E-state index contributed by atoms with van der Waals surface area (Å²) in [4.78, 5) is 10.7. The molecule has 0 amide bonds. The van der Waals surface area contributed by atoms with Gasteiger partial charge < -0.3 is 4.74 Å². The maximum Gasteiger partial charge on any atom is 0.330 e. The van der Waals surface area contributed by atoms with Gasteiger partial charge in [-0.05, 0) is 12.1 Å². The van der Waals surface area contributed by atoms with E-state index in [9.17, 15) is 13.6 Å². The van der Waals surface area contributed by atoms with E-state index < -0.39 is 17.6 Å². The molecule has 0 aliphatic heterocycles. The third-order valence-electron chi connectivity index (χ3n) is 1.58. The lowest BCUT2D eigenvalue weighted by Crippen LogP contribution is -1.94. The zero-order chi connectivity index (χ0) is 10.6. The minimum absolute atomic E-state index is 0.00963. The molecule has 4 heteroatoms. The van der Waals surface area contributed by atoms with Crippen molar-refractivity contribution >= 4 is 12.0 Å². The number of esters is 1. The average molecular weight is 198 g/mol. The molecular formula is C10H8F2O2. The number of halogens is 2. The van der Waals surface area contributed by atoms with E-state index in [4.69, 9.17) is 0 Å². The second-order valence-corrected chi connectivity index (χ2v) is 2.50. The molecule has 0 saturated heterocycles. The number of carbonyl (C=O) groups is 1. The molecule has 14 heavy (non-hydrogen) atoms. The molecular weight excluding hydrogens is 190 g/mol. The summed E-state index contributed by atoms with van der Waals surface area (Å²) in [5, 5.41) is 0. The molecule has 0 atom stereocenters. The van der Waals surface area contributed by atoms with Crippen molar-refractivity contribution in [2.24, 2.45) is 0 Å². The summed E-state index contributed by atoms with van der Waals surface area (Å²) in [5.74, 6) is -2.54.